The lowest BCUT2D eigenvalue weighted by Gasteiger charge is -2.22. The van der Waals surface area contributed by atoms with Crippen LogP contribution in [0.15, 0.2) is 18.2 Å². The number of methoxy groups -OCH3 is 1. The van der Waals surface area contributed by atoms with E-state index < -0.39 is 17.5 Å². The number of carbonyl (C=O) groups excluding carboxylic acids is 1. The molecule has 0 aliphatic carbocycles. The average molecular weight is 283 g/mol. The molecule has 1 rings (SSSR count). The van der Waals surface area contributed by atoms with E-state index in [9.17, 15) is 9.18 Å². The van der Waals surface area contributed by atoms with Crippen LogP contribution >= 0.6 is 0 Å². The third kappa shape index (κ3) is 5.47. The van der Waals surface area contributed by atoms with Crippen LogP contribution in [0.3, 0.4) is 0 Å². The van der Waals surface area contributed by atoms with Gasteiger partial charge in [-0.05, 0) is 51.8 Å². The van der Waals surface area contributed by atoms with Crippen molar-refractivity contribution in [2.24, 2.45) is 0 Å². The third-order valence-corrected chi connectivity index (χ3v) is 2.52. The Balaban J connectivity index is 2.56. The number of ether oxygens (including phenoxy) is 2. The number of rotatable bonds is 4. The average Bonchev–Trinajstić information content (AvgIpc) is 2.25. The molecule has 0 radical (unpaired) electrons. The van der Waals surface area contributed by atoms with E-state index in [4.69, 9.17) is 9.47 Å². The molecule has 5 heteroatoms. The fourth-order valence-corrected chi connectivity index (χ4v) is 1.75. The van der Waals surface area contributed by atoms with Crippen LogP contribution in [0.25, 0.3) is 0 Å². The topological polar surface area (TPSA) is 47.6 Å². The standard InChI is InChI=1S/C15H22FNO3/c1-10(17-14(18)20-15(2,3)4)8-11-6-7-13(19-5)12(16)9-11/h6-7,9-10H,8H2,1-5H3,(H,17,18). The van der Waals surface area contributed by atoms with Crippen molar-refractivity contribution in [2.75, 3.05) is 7.11 Å². The molecule has 0 saturated carbocycles. The summed E-state index contributed by atoms with van der Waals surface area (Å²) in [5, 5.41) is 2.72. The summed E-state index contributed by atoms with van der Waals surface area (Å²) in [5.41, 5.74) is 0.252. The van der Waals surface area contributed by atoms with Gasteiger partial charge in [0.05, 0.1) is 7.11 Å². The van der Waals surface area contributed by atoms with Crippen LogP contribution in [0, 0.1) is 5.82 Å². The Morgan fingerprint density at radius 3 is 2.55 bits per heavy atom. The van der Waals surface area contributed by atoms with Crippen molar-refractivity contribution in [2.45, 2.75) is 45.8 Å². The van der Waals surface area contributed by atoms with Crippen molar-refractivity contribution in [1.82, 2.24) is 5.32 Å². The lowest BCUT2D eigenvalue weighted by atomic mass is 10.1. The quantitative estimate of drug-likeness (QED) is 0.922. The zero-order valence-electron chi connectivity index (χ0n) is 12.6. The summed E-state index contributed by atoms with van der Waals surface area (Å²) in [5.74, 6) is -0.198. The van der Waals surface area contributed by atoms with Crippen molar-refractivity contribution >= 4 is 6.09 Å². The molecule has 20 heavy (non-hydrogen) atoms. The summed E-state index contributed by atoms with van der Waals surface area (Å²) in [6.07, 6.45) is 0.0409. The zero-order valence-corrected chi connectivity index (χ0v) is 12.6. The van der Waals surface area contributed by atoms with Crippen LogP contribution in [0.5, 0.6) is 5.75 Å². The number of halogens is 1. The molecule has 4 nitrogen and oxygen atoms in total. The minimum atomic E-state index is -0.532. The van der Waals surface area contributed by atoms with E-state index in [2.05, 4.69) is 5.32 Å². The summed E-state index contributed by atoms with van der Waals surface area (Å²) in [6.45, 7) is 7.24. The van der Waals surface area contributed by atoms with Crippen LogP contribution in [-0.4, -0.2) is 24.8 Å². The van der Waals surface area contributed by atoms with E-state index in [1.165, 1.54) is 13.2 Å². The Morgan fingerprint density at radius 1 is 1.40 bits per heavy atom. The van der Waals surface area contributed by atoms with E-state index in [0.29, 0.717) is 6.42 Å². The highest BCUT2D eigenvalue weighted by molar-refractivity contribution is 5.68. The minimum absolute atomic E-state index is 0.155. The highest BCUT2D eigenvalue weighted by Gasteiger charge is 2.18. The van der Waals surface area contributed by atoms with Gasteiger partial charge in [-0.25, -0.2) is 9.18 Å². The normalized spacial score (nSPS) is 12.7. The van der Waals surface area contributed by atoms with Crippen molar-refractivity contribution in [3.8, 4) is 5.75 Å². The Morgan fingerprint density at radius 2 is 2.05 bits per heavy atom. The number of amides is 1. The van der Waals surface area contributed by atoms with Crippen LogP contribution in [-0.2, 0) is 11.2 Å². The first-order chi connectivity index (χ1) is 9.21. The van der Waals surface area contributed by atoms with E-state index in [-0.39, 0.29) is 11.8 Å². The molecule has 0 fully saturated rings. The summed E-state index contributed by atoms with van der Waals surface area (Å²) in [4.78, 5) is 11.6. The zero-order chi connectivity index (χ0) is 15.3. The van der Waals surface area contributed by atoms with Gasteiger partial charge in [-0.1, -0.05) is 6.07 Å². The molecular formula is C15H22FNO3. The van der Waals surface area contributed by atoms with E-state index in [1.807, 2.05) is 6.92 Å². The summed E-state index contributed by atoms with van der Waals surface area (Å²) in [6, 6.07) is 4.60. The second-order valence-corrected chi connectivity index (χ2v) is 5.72. The maximum atomic E-state index is 13.5. The first-order valence-electron chi connectivity index (χ1n) is 6.53. The highest BCUT2D eigenvalue weighted by atomic mass is 19.1. The molecule has 1 amide bonds. The van der Waals surface area contributed by atoms with Crippen molar-refractivity contribution < 1.29 is 18.7 Å². The Labute approximate surface area is 119 Å². The van der Waals surface area contributed by atoms with Gasteiger partial charge in [0.15, 0.2) is 11.6 Å². The second-order valence-electron chi connectivity index (χ2n) is 5.72. The summed E-state index contributed by atoms with van der Waals surface area (Å²) < 4.78 is 23.6. The van der Waals surface area contributed by atoms with Crippen LogP contribution in [0.4, 0.5) is 9.18 Å². The molecule has 0 aliphatic heterocycles. The van der Waals surface area contributed by atoms with Gasteiger partial charge in [-0.2, -0.15) is 0 Å². The number of benzene rings is 1. The van der Waals surface area contributed by atoms with Gasteiger partial charge in [-0.15, -0.1) is 0 Å². The lowest BCUT2D eigenvalue weighted by Crippen LogP contribution is -2.38. The molecule has 1 aromatic rings. The fourth-order valence-electron chi connectivity index (χ4n) is 1.75. The van der Waals surface area contributed by atoms with Crippen LogP contribution < -0.4 is 10.1 Å². The van der Waals surface area contributed by atoms with Gasteiger partial charge in [0.2, 0.25) is 0 Å². The maximum absolute atomic E-state index is 13.5. The maximum Gasteiger partial charge on any atom is 0.407 e. The van der Waals surface area contributed by atoms with Gasteiger partial charge < -0.3 is 14.8 Å². The molecular weight excluding hydrogens is 261 g/mol. The predicted octanol–water partition coefficient (Wildman–Crippen LogP) is 3.29. The summed E-state index contributed by atoms with van der Waals surface area (Å²) in [7, 11) is 1.42. The number of hydrogen-bond donors (Lipinski definition) is 1. The van der Waals surface area contributed by atoms with Crippen molar-refractivity contribution in [3.05, 3.63) is 29.6 Å². The molecule has 0 spiro atoms. The smallest absolute Gasteiger partial charge is 0.407 e. The Bertz CT molecular complexity index is 469. The van der Waals surface area contributed by atoms with Crippen molar-refractivity contribution in [3.63, 3.8) is 0 Å². The number of carbonyl (C=O) groups is 1. The molecule has 1 atom stereocenters. The fraction of sp³-hybridized carbons (Fsp3) is 0.533. The van der Waals surface area contributed by atoms with Crippen LogP contribution in [0.1, 0.15) is 33.3 Å². The summed E-state index contributed by atoms with van der Waals surface area (Å²) >= 11 is 0. The number of alkyl carbamates (subject to hydrolysis) is 1. The molecule has 1 unspecified atom stereocenters. The third-order valence-electron chi connectivity index (χ3n) is 2.52. The molecule has 0 aliphatic rings. The second kappa shape index (κ2) is 6.59. The first-order valence-corrected chi connectivity index (χ1v) is 6.53. The van der Waals surface area contributed by atoms with Gasteiger partial charge in [0.25, 0.3) is 0 Å². The molecule has 0 bridgehead atoms. The molecule has 0 saturated heterocycles. The number of hydrogen-bond acceptors (Lipinski definition) is 3. The minimum Gasteiger partial charge on any atom is -0.494 e. The van der Waals surface area contributed by atoms with Gasteiger partial charge in [-0.3, -0.25) is 0 Å². The monoisotopic (exact) mass is 283 g/mol. The SMILES string of the molecule is COc1ccc(CC(C)NC(=O)OC(C)(C)C)cc1F. The largest absolute Gasteiger partial charge is 0.494 e. The molecule has 112 valence electrons. The highest BCUT2D eigenvalue weighted by Crippen LogP contribution is 2.18. The van der Waals surface area contributed by atoms with Crippen molar-refractivity contribution in [1.29, 1.82) is 0 Å². The van der Waals surface area contributed by atoms with Gasteiger partial charge in [0.1, 0.15) is 5.60 Å². The van der Waals surface area contributed by atoms with Gasteiger partial charge >= 0.3 is 6.09 Å². The lowest BCUT2D eigenvalue weighted by molar-refractivity contribution is 0.0508. The molecule has 0 aromatic heterocycles. The van der Waals surface area contributed by atoms with Crippen LogP contribution in [0.2, 0.25) is 0 Å². The molecule has 1 N–H and O–H groups in total. The predicted molar refractivity (Wildman–Crippen MR) is 75.5 cm³/mol. The Kier molecular flexibility index (Phi) is 5.36. The van der Waals surface area contributed by atoms with E-state index in [0.717, 1.165) is 5.56 Å². The van der Waals surface area contributed by atoms with Gasteiger partial charge in [0, 0.05) is 6.04 Å². The number of nitrogens with one attached hydrogen (secondary N) is 1. The molecule has 1 aromatic carbocycles. The van der Waals surface area contributed by atoms with E-state index >= 15 is 0 Å². The first kappa shape index (κ1) is 16.3. The van der Waals surface area contributed by atoms with E-state index in [1.54, 1.807) is 32.9 Å². The molecule has 0 heterocycles. The Hall–Kier alpha value is -1.78.